The zero-order valence-electron chi connectivity index (χ0n) is 16.7. The molecule has 1 aliphatic rings. The highest BCUT2D eigenvalue weighted by Gasteiger charge is 2.42. The predicted molar refractivity (Wildman–Crippen MR) is 117 cm³/mol. The molecular weight excluding hydrogens is 442 g/mol. The van der Waals surface area contributed by atoms with Crippen LogP contribution in [-0.4, -0.2) is 41.2 Å². The van der Waals surface area contributed by atoms with Gasteiger partial charge in [-0.25, -0.2) is 9.59 Å². The number of nitrogens with one attached hydrogen (secondary N) is 3. The van der Waals surface area contributed by atoms with Crippen LogP contribution in [0.2, 0.25) is 5.02 Å². The van der Waals surface area contributed by atoms with Crippen LogP contribution in [0, 0.1) is 0 Å². The van der Waals surface area contributed by atoms with Gasteiger partial charge in [0.25, 0.3) is 11.8 Å². The van der Waals surface area contributed by atoms with E-state index in [0.717, 1.165) is 0 Å². The predicted octanol–water partition coefficient (Wildman–Crippen LogP) is 3.21. The number of hydrogen-bond donors (Lipinski definition) is 3. The molecule has 31 heavy (non-hydrogen) atoms. The smallest absolute Gasteiger partial charge is 0.340 e. The minimum absolute atomic E-state index is 0.210. The summed E-state index contributed by atoms with van der Waals surface area (Å²) in [6.07, 6.45) is -1.04. The van der Waals surface area contributed by atoms with Crippen LogP contribution in [0.4, 0.5) is 10.5 Å². The van der Waals surface area contributed by atoms with E-state index in [0.29, 0.717) is 15.6 Å². The molecule has 162 valence electrons. The molecule has 1 fully saturated rings. The summed E-state index contributed by atoms with van der Waals surface area (Å²) in [5.41, 5.74) is -0.310. The van der Waals surface area contributed by atoms with Gasteiger partial charge in [0, 0.05) is 21.4 Å². The molecule has 10 heteroatoms. The number of anilines is 1. The average Bonchev–Trinajstić information content (AvgIpc) is 2.99. The molecule has 4 amide bonds. The summed E-state index contributed by atoms with van der Waals surface area (Å²) in [7, 11) is 0. The van der Waals surface area contributed by atoms with E-state index < -0.39 is 35.5 Å². The van der Waals surface area contributed by atoms with E-state index >= 15 is 0 Å². The fourth-order valence-corrected chi connectivity index (χ4v) is 3.97. The molecule has 3 N–H and O–H groups in total. The Labute approximate surface area is 188 Å². The van der Waals surface area contributed by atoms with Crippen molar-refractivity contribution in [1.82, 2.24) is 10.6 Å². The number of amides is 4. The molecule has 1 heterocycles. The number of esters is 1. The second-order valence-electron chi connectivity index (χ2n) is 7.07. The van der Waals surface area contributed by atoms with Gasteiger partial charge in [-0.15, -0.1) is 11.8 Å². The summed E-state index contributed by atoms with van der Waals surface area (Å²) >= 11 is 7.05. The number of benzene rings is 2. The molecule has 2 unspecified atom stereocenters. The second-order valence-corrected chi connectivity index (χ2v) is 8.52. The number of carbonyl (C=O) groups is 4. The summed E-state index contributed by atoms with van der Waals surface area (Å²) in [5, 5.41) is 7.96. The van der Waals surface area contributed by atoms with Gasteiger partial charge in [0.05, 0.1) is 5.56 Å². The Hall–Kier alpha value is -3.04. The van der Waals surface area contributed by atoms with Gasteiger partial charge in [-0.3, -0.25) is 14.9 Å². The first-order valence-corrected chi connectivity index (χ1v) is 10.7. The number of rotatable bonds is 7. The Kier molecular flexibility index (Phi) is 6.87. The first-order chi connectivity index (χ1) is 14.7. The number of thioether (sulfide) groups is 1. The van der Waals surface area contributed by atoms with Crippen LogP contribution in [0.1, 0.15) is 24.2 Å². The number of halogens is 1. The summed E-state index contributed by atoms with van der Waals surface area (Å²) in [4.78, 5) is 49.0. The van der Waals surface area contributed by atoms with Crippen LogP contribution >= 0.6 is 23.4 Å². The topological polar surface area (TPSA) is 114 Å². The van der Waals surface area contributed by atoms with E-state index in [1.54, 1.807) is 55.5 Å². The third-order valence-corrected chi connectivity index (χ3v) is 6.15. The van der Waals surface area contributed by atoms with Crippen molar-refractivity contribution in [3.05, 3.63) is 59.1 Å². The van der Waals surface area contributed by atoms with E-state index in [1.165, 1.54) is 18.7 Å². The van der Waals surface area contributed by atoms with E-state index in [-0.39, 0.29) is 11.3 Å². The molecule has 2 aromatic carbocycles. The zero-order valence-corrected chi connectivity index (χ0v) is 18.3. The Morgan fingerprint density at radius 1 is 1.16 bits per heavy atom. The van der Waals surface area contributed by atoms with Crippen molar-refractivity contribution in [3.63, 3.8) is 0 Å². The van der Waals surface area contributed by atoms with E-state index in [2.05, 4.69) is 16.0 Å². The van der Waals surface area contributed by atoms with E-state index in [4.69, 9.17) is 16.3 Å². The molecule has 3 rings (SSSR count). The largest absolute Gasteiger partial charge is 0.449 e. The number of urea groups is 1. The molecule has 0 saturated carbocycles. The molecule has 0 spiro atoms. The lowest BCUT2D eigenvalue weighted by molar-refractivity contribution is -0.124. The summed E-state index contributed by atoms with van der Waals surface area (Å²) < 4.78 is 5.33. The van der Waals surface area contributed by atoms with Crippen LogP contribution in [0.3, 0.4) is 0 Å². The highest BCUT2D eigenvalue weighted by Crippen LogP contribution is 2.28. The van der Waals surface area contributed by atoms with Crippen molar-refractivity contribution < 1.29 is 23.9 Å². The number of imide groups is 1. The van der Waals surface area contributed by atoms with Crippen LogP contribution < -0.4 is 16.0 Å². The first kappa shape index (κ1) is 22.6. The molecular formula is C21H20ClN3O5S. The molecule has 0 bridgehead atoms. The number of carbonyl (C=O) groups excluding carboxylic acids is 4. The fraction of sp³-hybridized carbons (Fsp3) is 0.238. The summed E-state index contributed by atoms with van der Waals surface area (Å²) in [6, 6.07) is 12.7. The Balaban J connectivity index is 1.63. The lowest BCUT2D eigenvalue weighted by Crippen LogP contribution is -2.46. The van der Waals surface area contributed by atoms with Crippen molar-refractivity contribution in [2.45, 2.75) is 30.4 Å². The Morgan fingerprint density at radius 2 is 1.84 bits per heavy atom. The van der Waals surface area contributed by atoms with Crippen molar-refractivity contribution in [2.24, 2.45) is 0 Å². The minimum Gasteiger partial charge on any atom is -0.449 e. The van der Waals surface area contributed by atoms with Gasteiger partial charge in [0.15, 0.2) is 6.10 Å². The van der Waals surface area contributed by atoms with Gasteiger partial charge in [-0.1, -0.05) is 23.7 Å². The van der Waals surface area contributed by atoms with Crippen molar-refractivity contribution in [1.29, 1.82) is 0 Å². The normalized spacial score (nSPS) is 18.7. The minimum atomic E-state index is -1.09. The average molecular weight is 462 g/mol. The van der Waals surface area contributed by atoms with Gasteiger partial charge in [-0.05, 0) is 50.2 Å². The fourth-order valence-electron chi connectivity index (χ4n) is 2.72. The standard InChI is InChI=1S/C21H20ClN3O5S/c1-12(17(26)23-14-9-7-13(22)8-10-14)30-18(27)15-5-3-4-6-16(15)31-11-21(2)19(28)24-20(29)25-21/h3-10,12H,11H2,1-2H3,(H,23,26)(H2,24,25,28,29). The maximum Gasteiger partial charge on any atom is 0.340 e. The molecule has 2 aromatic rings. The third kappa shape index (κ3) is 5.56. The number of ether oxygens (including phenoxy) is 1. The lowest BCUT2D eigenvalue weighted by atomic mass is 10.1. The van der Waals surface area contributed by atoms with Gasteiger partial charge >= 0.3 is 12.0 Å². The molecule has 1 saturated heterocycles. The van der Waals surface area contributed by atoms with Gasteiger partial charge in [0.2, 0.25) is 0 Å². The number of hydrogen-bond acceptors (Lipinski definition) is 6. The summed E-state index contributed by atoms with van der Waals surface area (Å²) in [6.45, 7) is 3.07. The summed E-state index contributed by atoms with van der Waals surface area (Å²) in [5.74, 6) is -1.38. The highest BCUT2D eigenvalue weighted by atomic mass is 35.5. The zero-order chi connectivity index (χ0) is 22.6. The molecule has 0 radical (unpaired) electrons. The molecule has 2 atom stereocenters. The SMILES string of the molecule is CC(OC(=O)c1ccccc1SCC1(C)NC(=O)NC1=O)C(=O)Nc1ccc(Cl)cc1. The lowest BCUT2D eigenvalue weighted by Gasteiger charge is -2.20. The molecule has 0 aromatic heterocycles. The molecule has 0 aliphatic carbocycles. The van der Waals surface area contributed by atoms with E-state index in [9.17, 15) is 19.2 Å². The van der Waals surface area contributed by atoms with Gasteiger partial charge in [-0.2, -0.15) is 0 Å². The van der Waals surface area contributed by atoms with Crippen molar-refractivity contribution in [2.75, 3.05) is 11.1 Å². The quantitative estimate of drug-likeness (QED) is 0.331. The van der Waals surface area contributed by atoms with Crippen LogP contribution in [0.25, 0.3) is 0 Å². The van der Waals surface area contributed by atoms with Crippen LogP contribution in [0.5, 0.6) is 0 Å². The van der Waals surface area contributed by atoms with Crippen LogP contribution in [-0.2, 0) is 14.3 Å². The van der Waals surface area contributed by atoms with Gasteiger partial charge < -0.3 is 15.4 Å². The van der Waals surface area contributed by atoms with Crippen LogP contribution in [0.15, 0.2) is 53.4 Å². The Bertz CT molecular complexity index is 1030. The maximum absolute atomic E-state index is 12.7. The molecule has 1 aliphatic heterocycles. The third-order valence-electron chi connectivity index (χ3n) is 4.51. The van der Waals surface area contributed by atoms with Crippen molar-refractivity contribution in [3.8, 4) is 0 Å². The second kappa shape index (κ2) is 9.40. The monoisotopic (exact) mass is 461 g/mol. The molecule has 8 nitrogen and oxygen atoms in total. The van der Waals surface area contributed by atoms with Crippen molar-refractivity contribution >= 4 is 52.9 Å². The maximum atomic E-state index is 12.7. The highest BCUT2D eigenvalue weighted by molar-refractivity contribution is 7.99. The van der Waals surface area contributed by atoms with Gasteiger partial charge in [0.1, 0.15) is 5.54 Å². The Morgan fingerprint density at radius 3 is 2.48 bits per heavy atom. The van der Waals surface area contributed by atoms with E-state index in [1.807, 2.05) is 0 Å². The first-order valence-electron chi connectivity index (χ1n) is 9.31.